The SMILES string of the molecule is Cc1cn2nc([C@H](C)N(CCCCN3C(=O)c4ccccc4C3=O)C(=O)c3cc(Cl)ccc3NS(C)(=O)=O)cc2nc1N1CC[C@H](NC(=O)OC(C)(C)C)C1. The Kier molecular flexibility index (Phi) is 11.1. The largest absolute Gasteiger partial charge is 0.444 e. The van der Waals surface area contributed by atoms with Crippen molar-refractivity contribution in [2.24, 2.45) is 0 Å². The van der Waals surface area contributed by atoms with E-state index in [2.05, 4.69) is 14.9 Å². The number of hydrogen-bond acceptors (Lipinski definition) is 10. The zero-order valence-electron chi connectivity index (χ0n) is 31.6. The van der Waals surface area contributed by atoms with Crippen molar-refractivity contribution in [3.63, 3.8) is 0 Å². The quantitative estimate of drug-likeness (QED) is 0.139. The Labute approximate surface area is 325 Å². The molecule has 292 valence electrons. The predicted molar refractivity (Wildman–Crippen MR) is 208 cm³/mol. The normalized spacial score (nSPS) is 16.4. The summed E-state index contributed by atoms with van der Waals surface area (Å²) in [4.78, 5) is 62.6. The van der Waals surface area contributed by atoms with Crippen molar-refractivity contribution < 1.29 is 32.3 Å². The number of imide groups is 1. The Morgan fingerprint density at radius 2 is 1.76 bits per heavy atom. The Balaban J connectivity index is 1.23. The van der Waals surface area contributed by atoms with E-state index < -0.39 is 33.7 Å². The number of aromatic nitrogens is 3. The minimum atomic E-state index is -3.75. The van der Waals surface area contributed by atoms with E-state index in [1.807, 2.05) is 40.8 Å². The van der Waals surface area contributed by atoms with Crippen molar-refractivity contribution >= 4 is 62.6 Å². The van der Waals surface area contributed by atoms with Gasteiger partial charge in [-0.25, -0.2) is 22.7 Å². The molecule has 2 aliphatic rings. The Morgan fingerprint density at radius 3 is 2.42 bits per heavy atom. The number of hydrogen-bond donors (Lipinski definition) is 2. The number of ether oxygens (including phenoxy) is 1. The van der Waals surface area contributed by atoms with Gasteiger partial charge in [0, 0.05) is 49.0 Å². The van der Waals surface area contributed by atoms with Crippen molar-refractivity contribution in [1.29, 1.82) is 0 Å². The molecule has 4 amide bonds. The van der Waals surface area contributed by atoms with E-state index in [1.165, 1.54) is 23.1 Å². The number of amides is 4. The molecule has 2 aromatic carbocycles. The highest BCUT2D eigenvalue weighted by atomic mass is 35.5. The van der Waals surface area contributed by atoms with Gasteiger partial charge >= 0.3 is 6.09 Å². The number of benzene rings is 2. The summed E-state index contributed by atoms with van der Waals surface area (Å²) in [6.07, 6.45) is 3.92. The van der Waals surface area contributed by atoms with Gasteiger partial charge in [-0.05, 0) is 84.2 Å². The second-order valence-corrected chi connectivity index (χ2v) is 17.1. The second-order valence-electron chi connectivity index (χ2n) is 15.0. The average molecular weight is 793 g/mol. The molecule has 2 aliphatic heterocycles. The summed E-state index contributed by atoms with van der Waals surface area (Å²) in [7, 11) is -3.75. The molecule has 1 fully saturated rings. The van der Waals surface area contributed by atoms with Crippen LogP contribution in [0.15, 0.2) is 54.7 Å². The van der Waals surface area contributed by atoms with Crippen LogP contribution < -0.4 is 14.9 Å². The van der Waals surface area contributed by atoms with Crippen LogP contribution in [0.1, 0.15) is 95.3 Å². The molecule has 0 bridgehead atoms. The number of carbonyl (C=O) groups is 4. The molecule has 6 rings (SSSR count). The lowest BCUT2D eigenvalue weighted by molar-refractivity contribution is 0.0507. The van der Waals surface area contributed by atoms with Crippen molar-refractivity contribution in [1.82, 2.24) is 29.7 Å². The lowest BCUT2D eigenvalue weighted by Gasteiger charge is -2.29. The van der Waals surface area contributed by atoms with E-state index >= 15 is 0 Å². The summed E-state index contributed by atoms with van der Waals surface area (Å²) < 4.78 is 34.0. The average Bonchev–Trinajstić information content (AvgIpc) is 3.80. The predicted octanol–water partition coefficient (Wildman–Crippen LogP) is 5.45. The van der Waals surface area contributed by atoms with Crippen molar-refractivity contribution in [3.8, 4) is 0 Å². The fourth-order valence-corrected chi connectivity index (χ4v) is 7.60. The molecule has 2 N–H and O–H groups in total. The number of fused-ring (bicyclic) bond motifs is 2. The number of unbranched alkanes of at least 4 members (excludes halogenated alkanes) is 1. The van der Waals surface area contributed by atoms with Crippen LogP contribution >= 0.6 is 11.6 Å². The maximum Gasteiger partial charge on any atom is 0.407 e. The fraction of sp³-hybridized carbons (Fsp3) is 0.421. The third-order valence-electron chi connectivity index (χ3n) is 9.41. The van der Waals surface area contributed by atoms with Gasteiger partial charge in [0.25, 0.3) is 17.7 Å². The lowest BCUT2D eigenvalue weighted by atomic mass is 10.1. The lowest BCUT2D eigenvalue weighted by Crippen LogP contribution is -2.40. The van der Waals surface area contributed by atoms with Crippen LogP contribution in [0.25, 0.3) is 5.65 Å². The molecule has 0 aliphatic carbocycles. The van der Waals surface area contributed by atoms with Gasteiger partial charge in [-0.15, -0.1) is 0 Å². The molecular weight excluding hydrogens is 748 g/mol. The number of carbonyl (C=O) groups excluding carboxylic acids is 4. The van der Waals surface area contributed by atoms with Gasteiger partial charge < -0.3 is 19.9 Å². The highest BCUT2D eigenvalue weighted by Gasteiger charge is 2.35. The number of halogens is 1. The van der Waals surface area contributed by atoms with Gasteiger partial charge in [-0.2, -0.15) is 5.10 Å². The molecule has 1 saturated heterocycles. The van der Waals surface area contributed by atoms with Crippen LogP contribution in [-0.2, 0) is 14.8 Å². The first-order valence-electron chi connectivity index (χ1n) is 18.0. The summed E-state index contributed by atoms with van der Waals surface area (Å²) in [6, 6.07) is 12.1. The van der Waals surface area contributed by atoms with Crippen LogP contribution in [0.4, 0.5) is 16.3 Å². The Bertz CT molecular complexity index is 2240. The summed E-state index contributed by atoms with van der Waals surface area (Å²) in [6.45, 7) is 10.8. The van der Waals surface area contributed by atoms with E-state index in [-0.39, 0.29) is 47.2 Å². The Morgan fingerprint density at radius 1 is 1.07 bits per heavy atom. The van der Waals surface area contributed by atoms with Crippen LogP contribution in [0.5, 0.6) is 0 Å². The topological polar surface area (TPSA) is 176 Å². The molecule has 2 aromatic heterocycles. The van der Waals surface area contributed by atoms with Crippen LogP contribution in [0, 0.1) is 6.92 Å². The first kappa shape index (κ1) is 39.5. The van der Waals surface area contributed by atoms with Crippen molar-refractivity contribution in [2.75, 3.05) is 42.1 Å². The number of nitrogens with one attached hydrogen (secondary N) is 2. The molecule has 17 heteroatoms. The maximum atomic E-state index is 14.4. The van der Waals surface area contributed by atoms with Crippen molar-refractivity contribution in [3.05, 3.63) is 87.7 Å². The van der Waals surface area contributed by atoms with Gasteiger partial charge in [0.15, 0.2) is 5.65 Å². The van der Waals surface area contributed by atoms with E-state index in [4.69, 9.17) is 26.4 Å². The van der Waals surface area contributed by atoms with Crippen LogP contribution in [0.3, 0.4) is 0 Å². The fourth-order valence-electron chi connectivity index (χ4n) is 6.85. The summed E-state index contributed by atoms with van der Waals surface area (Å²) in [5, 5.41) is 7.98. The number of alkyl carbamates (subject to hydrolysis) is 1. The molecule has 4 aromatic rings. The molecule has 0 spiro atoms. The second kappa shape index (κ2) is 15.5. The highest BCUT2D eigenvalue weighted by Crippen LogP contribution is 2.30. The zero-order chi connectivity index (χ0) is 39.8. The minimum absolute atomic E-state index is 0.0497. The van der Waals surface area contributed by atoms with Gasteiger partial charge in [0.1, 0.15) is 11.4 Å². The number of rotatable bonds is 12. The van der Waals surface area contributed by atoms with Crippen LogP contribution in [-0.4, -0.2) is 101 Å². The maximum absolute atomic E-state index is 14.4. The Hall–Kier alpha value is -5.22. The minimum Gasteiger partial charge on any atom is -0.444 e. The molecule has 0 radical (unpaired) electrons. The standard InChI is InChI=1S/C38H45ClN8O7S/c1-23-21-47-32(41-33(23)44-18-15-26(22-44)40-37(51)54-38(3,4)5)20-31(42-47)24(2)45(36(50)29-19-25(39)13-14-30(29)43-55(6,52)53)16-9-10-17-46-34(48)27-11-7-8-12-28(27)35(46)49/h7-8,11-14,19-21,24,26,43H,9-10,15-18,22H2,1-6H3,(H,40,51)/t24-,26-/m0/s1. The number of nitrogens with zero attached hydrogens (tertiary/aromatic N) is 6. The molecule has 15 nitrogen and oxygen atoms in total. The number of aryl methyl sites for hydroxylation is 1. The summed E-state index contributed by atoms with van der Waals surface area (Å²) in [5.74, 6) is -0.457. The smallest absolute Gasteiger partial charge is 0.407 e. The molecule has 2 atom stereocenters. The number of anilines is 2. The van der Waals surface area contributed by atoms with Gasteiger partial charge in [0.2, 0.25) is 10.0 Å². The molecule has 55 heavy (non-hydrogen) atoms. The van der Waals surface area contributed by atoms with Gasteiger partial charge in [-0.3, -0.25) is 24.0 Å². The molecule has 0 saturated carbocycles. The third-order valence-corrected chi connectivity index (χ3v) is 10.2. The van der Waals surface area contributed by atoms with Gasteiger partial charge in [0.05, 0.1) is 46.4 Å². The van der Waals surface area contributed by atoms with Gasteiger partial charge in [-0.1, -0.05) is 23.7 Å². The van der Waals surface area contributed by atoms with E-state index in [1.54, 1.807) is 39.7 Å². The third kappa shape index (κ3) is 9.02. The van der Waals surface area contributed by atoms with E-state index in [9.17, 15) is 27.6 Å². The summed E-state index contributed by atoms with van der Waals surface area (Å²) in [5.41, 5.74) is 2.19. The molecule has 0 unspecified atom stereocenters. The van der Waals surface area contributed by atoms with E-state index in [0.29, 0.717) is 48.4 Å². The first-order chi connectivity index (χ1) is 25.9. The zero-order valence-corrected chi connectivity index (χ0v) is 33.2. The number of sulfonamides is 1. The highest BCUT2D eigenvalue weighted by molar-refractivity contribution is 7.92. The molecular formula is C38H45ClN8O7S. The van der Waals surface area contributed by atoms with Crippen LogP contribution in [0.2, 0.25) is 5.02 Å². The summed E-state index contributed by atoms with van der Waals surface area (Å²) >= 11 is 6.32. The molecule has 4 heterocycles. The first-order valence-corrected chi connectivity index (χ1v) is 20.3. The monoisotopic (exact) mass is 792 g/mol. The van der Waals surface area contributed by atoms with Crippen molar-refractivity contribution in [2.45, 2.75) is 71.6 Å². The van der Waals surface area contributed by atoms with E-state index in [0.717, 1.165) is 24.1 Å².